The van der Waals surface area contributed by atoms with Gasteiger partial charge in [-0.2, -0.15) is 0 Å². The van der Waals surface area contributed by atoms with Crippen LogP contribution in [-0.2, 0) is 9.47 Å². The van der Waals surface area contributed by atoms with Crippen LogP contribution in [0.4, 0.5) is 0 Å². The summed E-state index contributed by atoms with van der Waals surface area (Å²) in [5.41, 5.74) is 5.99. The third-order valence-corrected chi connectivity index (χ3v) is 4.06. The summed E-state index contributed by atoms with van der Waals surface area (Å²) < 4.78 is 10.8. The van der Waals surface area contributed by atoms with Crippen LogP contribution in [-0.4, -0.2) is 56.4 Å². The Morgan fingerprint density at radius 2 is 2.29 bits per heavy atom. The Labute approximate surface area is 103 Å². The molecule has 98 valence electrons. The van der Waals surface area contributed by atoms with E-state index in [4.69, 9.17) is 15.2 Å². The zero-order valence-electron chi connectivity index (χ0n) is 10.8. The van der Waals surface area contributed by atoms with Crippen molar-refractivity contribution in [3.8, 4) is 0 Å². The van der Waals surface area contributed by atoms with Crippen LogP contribution in [0.3, 0.4) is 0 Å². The lowest BCUT2D eigenvalue weighted by atomic mass is 9.78. The van der Waals surface area contributed by atoms with Gasteiger partial charge in [0.05, 0.1) is 24.8 Å². The topological polar surface area (TPSA) is 60.1 Å². The lowest BCUT2D eigenvalue weighted by molar-refractivity contribution is -0.0461. The van der Waals surface area contributed by atoms with Crippen molar-refractivity contribution < 1.29 is 9.47 Å². The van der Waals surface area contributed by atoms with Gasteiger partial charge in [-0.05, 0) is 12.8 Å². The van der Waals surface area contributed by atoms with Crippen LogP contribution in [0.1, 0.15) is 25.7 Å². The van der Waals surface area contributed by atoms with Crippen molar-refractivity contribution in [2.75, 3.05) is 33.9 Å². The molecule has 1 heterocycles. The molecule has 2 unspecified atom stereocenters. The molecule has 0 aromatic carbocycles. The molecule has 1 spiro atoms. The fraction of sp³-hybridized carbons (Fsp3) is 0.917. The van der Waals surface area contributed by atoms with E-state index in [9.17, 15) is 0 Å². The molecule has 2 rings (SSSR count). The summed E-state index contributed by atoms with van der Waals surface area (Å²) in [6, 6.07) is 0. The standard InChI is InChI=1S/C12H23N3O2/c1-16-8-7-15-11(13)14-9-12(15)6-4-3-5-10(12)17-2/h10H,3-9H2,1-2H3,(H2,13,14). The second-order valence-corrected chi connectivity index (χ2v) is 4.89. The molecule has 0 radical (unpaired) electrons. The fourth-order valence-corrected chi connectivity index (χ4v) is 3.15. The maximum Gasteiger partial charge on any atom is 0.192 e. The summed E-state index contributed by atoms with van der Waals surface area (Å²) in [6.45, 7) is 2.24. The van der Waals surface area contributed by atoms with Crippen LogP contribution in [0.5, 0.6) is 0 Å². The molecule has 0 bridgehead atoms. The number of ether oxygens (including phenoxy) is 2. The number of nitrogens with two attached hydrogens (primary N) is 1. The molecule has 2 aliphatic rings. The average molecular weight is 241 g/mol. The minimum Gasteiger partial charge on any atom is -0.383 e. The van der Waals surface area contributed by atoms with Crippen LogP contribution in [0.25, 0.3) is 0 Å². The molecule has 1 aliphatic carbocycles. The first-order valence-corrected chi connectivity index (χ1v) is 6.34. The Kier molecular flexibility index (Phi) is 3.89. The van der Waals surface area contributed by atoms with E-state index in [0.29, 0.717) is 12.6 Å². The minimum absolute atomic E-state index is 0.0182. The predicted molar refractivity (Wildman–Crippen MR) is 67.1 cm³/mol. The van der Waals surface area contributed by atoms with Crippen molar-refractivity contribution in [2.45, 2.75) is 37.3 Å². The van der Waals surface area contributed by atoms with E-state index in [1.165, 1.54) is 12.8 Å². The first-order valence-electron chi connectivity index (χ1n) is 6.34. The monoisotopic (exact) mass is 241 g/mol. The highest BCUT2D eigenvalue weighted by Gasteiger charge is 2.49. The van der Waals surface area contributed by atoms with Gasteiger partial charge in [0.2, 0.25) is 0 Å². The van der Waals surface area contributed by atoms with Gasteiger partial charge >= 0.3 is 0 Å². The highest BCUT2D eigenvalue weighted by atomic mass is 16.5. The van der Waals surface area contributed by atoms with Gasteiger partial charge in [0, 0.05) is 20.8 Å². The van der Waals surface area contributed by atoms with Crippen molar-refractivity contribution in [1.82, 2.24) is 4.90 Å². The second-order valence-electron chi connectivity index (χ2n) is 4.89. The number of methoxy groups -OCH3 is 2. The van der Waals surface area contributed by atoms with Gasteiger partial charge in [0.15, 0.2) is 5.96 Å². The summed E-state index contributed by atoms with van der Waals surface area (Å²) in [6.07, 6.45) is 4.91. The summed E-state index contributed by atoms with van der Waals surface area (Å²) >= 11 is 0. The molecule has 0 aromatic rings. The van der Waals surface area contributed by atoms with E-state index in [2.05, 4.69) is 9.89 Å². The molecule has 1 saturated carbocycles. The van der Waals surface area contributed by atoms with Crippen molar-refractivity contribution >= 4 is 5.96 Å². The van der Waals surface area contributed by atoms with Gasteiger partial charge in [-0.1, -0.05) is 12.8 Å². The molecule has 5 nitrogen and oxygen atoms in total. The van der Waals surface area contributed by atoms with Crippen LogP contribution in [0, 0.1) is 0 Å². The van der Waals surface area contributed by atoms with Gasteiger partial charge in [0.1, 0.15) is 0 Å². The van der Waals surface area contributed by atoms with Crippen LogP contribution >= 0.6 is 0 Å². The van der Waals surface area contributed by atoms with E-state index in [1.807, 2.05) is 0 Å². The minimum atomic E-state index is -0.0182. The van der Waals surface area contributed by atoms with E-state index < -0.39 is 0 Å². The van der Waals surface area contributed by atoms with Crippen LogP contribution in [0.15, 0.2) is 4.99 Å². The third kappa shape index (κ3) is 2.13. The molecule has 2 atom stereocenters. The fourth-order valence-electron chi connectivity index (χ4n) is 3.15. The SMILES string of the molecule is COCCN1C(N)=NCC12CCCCC2OC. The summed E-state index contributed by atoms with van der Waals surface area (Å²) in [5.74, 6) is 0.644. The number of hydrogen-bond donors (Lipinski definition) is 1. The maximum absolute atomic E-state index is 6.01. The summed E-state index contributed by atoms with van der Waals surface area (Å²) in [7, 11) is 3.51. The predicted octanol–water partition coefficient (Wildman–Crippen LogP) is 0.591. The average Bonchev–Trinajstić information content (AvgIpc) is 2.66. The molecule has 0 aromatic heterocycles. The van der Waals surface area contributed by atoms with Gasteiger partial charge in [-0.3, -0.25) is 4.99 Å². The van der Waals surface area contributed by atoms with Crippen molar-refractivity contribution in [3.63, 3.8) is 0 Å². The molecule has 1 fully saturated rings. The van der Waals surface area contributed by atoms with Crippen molar-refractivity contribution in [2.24, 2.45) is 10.7 Å². The van der Waals surface area contributed by atoms with Crippen LogP contribution < -0.4 is 5.73 Å². The maximum atomic E-state index is 6.01. The van der Waals surface area contributed by atoms with Gasteiger partial charge < -0.3 is 20.1 Å². The van der Waals surface area contributed by atoms with Gasteiger partial charge in [0.25, 0.3) is 0 Å². The lowest BCUT2D eigenvalue weighted by Gasteiger charge is -2.46. The second kappa shape index (κ2) is 5.23. The Bertz CT molecular complexity index is 295. The van der Waals surface area contributed by atoms with Crippen molar-refractivity contribution in [1.29, 1.82) is 0 Å². The summed E-state index contributed by atoms with van der Waals surface area (Å²) in [5, 5.41) is 0. The quantitative estimate of drug-likeness (QED) is 0.782. The van der Waals surface area contributed by atoms with E-state index in [1.54, 1.807) is 14.2 Å². The van der Waals surface area contributed by atoms with E-state index in [0.717, 1.165) is 25.9 Å². The zero-order chi connectivity index (χ0) is 12.3. The van der Waals surface area contributed by atoms with Crippen molar-refractivity contribution in [3.05, 3.63) is 0 Å². The zero-order valence-corrected chi connectivity index (χ0v) is 10.8. The number of nitrogens with zero attached hydrogens (tertiary/aromatic N) is 2. The largest absolute Gasteiger partial charge is 0.383 e. The normalized spacial score (nSPS) is 33.2. The highest BCUT2D eigenvalue weighted by molar-refractivity contribution is 5.81. The first-order chi connectivity index (χ1) is 8.24. The number of hydrogen-bond acceptors (Lipinski definition) is 5. The van der Waals surface area contributed by atoms with E-state index in [-0.39, 0.29) is 11.6 Å². The lowest BCUT2D eigenvalue weighted by Crippen LogP contribution is -2.61. The Morgan fingerprint density at radius 3 is 3.00 bits per heavy atom. The van der Waals surface area contributed by atoms with Gasteiger partial charge in [-0.15, -0.1) is 0 Å². The molecular weight excluding hydrogens is 218 g/mol. The molecule has 17 heavy (non-hydrogen) atoms. The Balaban J connectivity index is 2.15. The molecule has 5 heteroatoms. The highest BCUT2D eigenvalue weighted by Crippen LogP contribution is 2.38. The van der Waals surface area contributed by atoms with Gasteiger partial charge in [-0.25, -0.2) is 0 Å². The number of rotatable bonds is 4. The first kappa shape index (κ1) is 12.6. The smallest absolute Gasteiger partial charge is 0.192 e. The number of aliphatic imine (C=N–C) groups is 1. The Hall–Kier alpha value is -0.810. The summed E-state index contributed by atoms with van der Waals surface area (Å²) in [4.78, 5) is 6.63. The molecule has 2 N–H and O–H groups in total. The molecule has 0 saturated heterocycles. The Morgan fingerprint density at radius 1 is 1.47 bits per heavy atom. The molecule has 1 aliphatic heterocycles. The van der Waals surface area contributed by atoms with E-state index >= 15 is 0 Å². The van der Waals surface area contributed by atoms with Crippen LogP contribution in [0.2, 0.25) is 0 Å². The molecule has 0 amide bonds. The number of guanidine groups is 1. The third-order valence-electron chi connectivity index (χ3n) is 4.06. The molecular formula is C12H23N3O2.